The van der Waals surface area contributed by atoms with Crippen molar-refractivity contribution in [1.29, 1.82) is 0 Å². The topological polar surface area (TPSA) is 3.24 Å². The van der Waals surface area contributed by atoms with Crippen LogP contribution in [0.5, 0.6) is 0 Å². The fourth-order valence-corrected chi connectivity index (χ4v) is 3.10. The molecule has 0 saturated heterocycles. The van der Waals surface area contributed by atoms with E-state index in [0.29, 0.717) is 5.92 Å². The Balaban J connectivity index is 2.12. The lowest BCUT2D eigenvalue weighted by Crippen LogP contribution is -2.31. The number of hydrogen-bond acceptors (Lipinski definition) is 1. The Hall–Kier alpha value is -1.60. The van der Waals surface area contributed by atoms with Gasteiger partial charge in [-0.05, 0) is 48.7 Å². The summed E-state index contributed by atoms with van der Waals surface area (Å²) in [6, 6.07) is 15.7. The summed E-state index contributed by atoms with van der Waals surface area (Å²) in [5, 5.41) is 0. The van der Waals surface area contributed by atoms with Crippen molar-refractivity contribution in [3.63, 3.8) is 0 Å². The molecule has 0 aliphatic carbocycles. The van der Waals surface area contributed by atoms with Crippen LogP contribution in [0.3, 0.4) is 0 Å². The predicted molar refractivity (Wildman–Crippen MR) is 80.5 cm³/mol. The molecule has 0 aromatic heterocycles. The average Bonchev–Trinajstić information content (AvgIpc) is 2.41. The van der Waals surface area contributed by atoms with Crippen molar-refractivity contribution < 1.29 is 0 Å². The van der Waals surface area contributed by atoms with Gasteiger partial charge in [-0.2, -0.15) is 0 Å². The fourth-order valence-electron chi connectivity index (χ4n) is 3.10. The van der Waals surface area contributed by atoms with Gasteiger partial charge >= 0.3 is 0 Å². The highest BCUT2D eigenvalue weighted by atomic mass is 15.1. The van der Waals surface area contributed by atoms with Crippen LogP contribution in [0.2, 0.25) is 0 Å². The van der Waals surface area contributed by atoms with E-state index in [9.17, 15) is 0 Å². The summed E-state index contributed by atoms with van der Waals surface area (Å²) in [6.45, 7) is 6.61. The quantitative estimate of drug-likeness (QED) is 0.743. The molecule has 2 aromatic carbocycles. The van der Waals surface area contributed by atoms with E-state index in [1.807, 2.05) is 0 Å². The van der Waals surface area contributed by atoms with E-state index < -0.39 is 0 Å². The Kier molecular flexibility index (Phi) is 3.16. The molecule has 98 valence electrons. The lowest BCUT2D eigenvalue weighted by molar-refractivity contribution is 0.295. The minimum atomic E-state index is 0.509. The maximum Gasteiger partial charge on any atom is 0.0234 e. The van der Waals surface area contributed by atoms with E-state index >= 15 is 0 Å². The molecule has 1 aliphatic rings. The maximum absolute atomic E-state index is 2.43. The predicted octanol–water partition coefficient (Wildman–Crippen LogP) is 3.88. The van der Waals surface area contributed by atoms with E-state index in [-0.39, 0.29) is 0 Å². The second kappa shape index (κ2) is 4.82. The summed E-state index contributed by atoms with van der Waals surface area (Å²) in [4.78, 5) is 2.43. The van der Waals surface area contributed by atoms with Crippen LogP contribution in [0.4, 0.5) is 0 Å². The minimum absolute atomic E-state index is 0.509. The van der Waals surface area contributed by atoms with E-state index in [1.165, 1.54) is 27.8 Å². The number of rotatable bonds is 1. The van der Waals surface area contributed by atoms with Crippen LogP contribution in [0.1, 0.15) is 33.7 Å². The Morgan fingerprint density at radius 3 is 2.42 bits per heavy atom. The molecular weight excluding hydrogens is 230 g/mol. The van der Waals surface area contributed by atoms with Crippen molar-refractivity contribution in [2.24, 2.45) is 0 Å². The molecule has 1 unspecified atom stereocenters. The van der Waals surface area contributed by atoms with E-state index in [2.05, 4.69) is 68.3 Å². The zero-order valence-corrected chi connectivity index (χ0v) is 12.0. The molecule has 19 heavy (non-hydrogen) atoms. The van der Waals surface area contributed by atoms with Crippen molar-refractivity contribution >= 4 is 0 Å². The summed E-state index contributed by atoms with van der Waals surface area (Å²) in [6.07, 6.45) is 0. The lowest BCUT2D eigenvalue weighted by atomic mass is 9.83. The number of nitrogens with zero attached hydrogens (tertiary/aromatic N) is 1. The maximum atomic E-state index is 2.43. The first kappa shape index (κ1) is 12.4. The standard InChI is InChI=1S/C18H21N/c1-13-9-16-11-19(3)12-18(17(16)10-14(13)2)15-7-5-4-6-8-15/h4-10,18H,11-12H2,1-3H3. The van der Waals surface area contributed by atoms with Gasteiger partial charge in [-0.25, -0.2) is 0 Å². The van der Waals surface area contributed by atoms with Gasteiger partial charge in [-0.3, -0.25) is 0 Å². The van der Waals surface area contributed by atoms with Crippen LogP contribution in [0.15, 0.2) is 42.5 Å². The third kappa shape index (κ3) is 2.31. The molecule has 1 heterocycles. The zero-order valence-electron chi connectivity index (χ0n) is 12.0. The zero-order chi connectivity index (χ0) is 13.4. The highest BCUT2D eigenvalue weighted by Crippen LogP contribution is 2.34. The molecule has 2 aromatic rings. The Morgan fingerprint density at radius 1 is 1.00 bits per heavy atom. The van der Waals surface area contributed by atoms with Crippen LogP contribution in [-0.4, -0.2) is 18.5 Å². The van der Waals surface area contributed by atoms with Gasteiger partial charge < -0.3 is 4.90 Å². The van der Waals surface area contributed by atoms with Gasteiger partial charge in [0.15, 0.2) is 0 Å². The van der Waals surface area contributed by atoms with Gasteiger partial charge in [-0.15, -0.1) is 0 Å². The normalized spacial score (nSPS) is 19.2. The molecule has 0 amide bonds. The Morgan fingerprint density at radius 2 is 1.68 bits per heavy atom. The number of aryl methyl sites for hydroxylation is 2. The van der Waals surface area contributed by atoms with Gasteiger partial charge in [0.2, 0.25) is 0 Å². The lowest BCUT2D eigenvalue weighted by Gasteiger charge is -2.33. The summed E-state index contributed by atoms with van der Waals surface area (Å²) in [5.41, 5.74) is 7.25. The molecular formula is C18H21N. The molecule has 0 bridgehead atoms. The average molecular weight is 251 g/mol. The molecule has 1 heteroatoms. The van der Waals surface area contributed by atoms with Crippen LogP contribution >= 0.6 is 0 Å². The van der Waals surface area contributed by atoms with E-state index in [1.54, 1.807) is 0 Å². The van der Waals surface area contributed by atoms with Crippen LogP contribution < -0.4 is 0 Å². The van der Waals surface area contributed by atoms with Crippen LogP contribution in [-0.2, 0) is 6.54 Å². The van der Waals surface area contributed by atoms with Crippen molar-refractivity contribution in [2.45, 2.75) is 26.3 Å². The van der Waals surface area contributed by atoms with Gasteiger partial charge in [-0.1, -0.05) is 42.5 Å². The van der Waals surface area contributed by atoms with Gasteiger partial charge in [0.05, 0.1) is 0 Å². The second-order valence-electron chi connectivity index (χ2n) is 5.80. The third-order valence-corrected chi connectivity index (χ3v) is 4.27. The monoisotopic (exact) mass is 251 g/mol. The summed E-state index contributed by atoms with van der Waals surface area (Å²) >= 11 is 0. The molecule has 0 radical (unpaired) electrons. The van der Waals surface area contributed by atoms with Gasteiger partial charge in [0.1, 0.15) is 0 Å². The van der Waals surface area contributed by atoms with Crippen LogP contribution in [0, 0.1) is 13.8 Å². The Labute approximate surface area is 115 Å². The third-order valence-electron chi connectivity index (χ3n) is 4.27. The first-order valence-electron chi connectivity index (χ1n) is 6.98. The number of likely N-dealkylation sites (N-methyl/N-ethyl adjacent to an activating group) is 1. The number of hydrogen-bond donors (Lipinski definition) is 0. The number of benzene rings is 2. The summed E-state index contributed by atoms with van der Waals surface area (Å²) < 4.78 is 0. The molecule has 1 aliphatic heterocycles. The molecule has 3 rings (SSSR count). The second-order valence-corrected chi connectivity index (χ2v) is 5.80. The molecule has 0 fully saturated rings. The van der Waals surface area contributed by atoms with Crippen molar-refractivity contribution in [1.82, 2.24) is 4.90 Å². The van der Waals surface area contributed by atoms with Gasteiger partial charge in [0.25, 0.3) is 0 Å². The fraction of sp³-hybridized carbons (Fsp3) is 0.333. The van der Waals surface area contributed by atoms with E-state index in [4.69, 9.17) is 0 Å². The van der Waals surface area contributed by atoms with Crippen molar-refractivity contribution in [3.8, 4) is 0 Å². The summed E-state index contributed by atoms with van der Waals surface area (Å²) in [5.74, 6) is 0.509. The first-order chi connectivity index (χ1) is 9.15. The van der Waals surface area contributed by atoms with E-state index in [0.717, 1.165) is 13.1 Å². The minimum Gasteiger partial charge on any atom is -0.301 e. The summed E-state index contributed by atoms with van der Waals surface area (Å²) in [7, 11) is 2.22. The van der Waals surface area contributed by atoms with Crippen LogP contribution in [0.25, 0.3) is 0 Å². The molecule has 0 spiro atoms. The highest BCUT2D eigenvalue weighted by Gasteiger charge is 2.25. The van der Waals surface area contributed by atoms with Crippen molar-refractivity contribution in [2.75, 3.05) is 13.6 Å². The molecule has 0 N–H and O–H groups in total. The number of fused-ring (bicyclic) bond motifs is 1. The first-order valence-corrected chi connectivity index (χ1v) is 6.98. The highest BCUT2D eigenvalue weighted by molar-refractivity contribution is 5.45. The van der Waals surface area contributed by atoms with Crippen molar-refractivity contribution in [3.05, 3.63) is 70.3 Å². The largest absolute Gasteiger partial charge is 0.301 e. The molecule has 1 nitrogen and oxygen atoms in total. The van der Waals surface area contributed by atoms with Gasteiger partial charge in [0, 0.05) is 19.0 Å². The SMILES string of the molecule is Cc1cc2c(cc1C)C(c1ccccc1)CN(C)C2. The smallest absolute Gasteiger partial charge is 0.0234 e. The molecule has 1 atom stereocenters. The Bertz CT molecular complexity index is 586. The molecule has 0 saturated carbocycles.